The van der Waals surface area contributed by atoms with E-state index >= 15 is 0 Å². The van der Waals surface area contributed by atoms with Gasteiger partial charge in [0.15, 0.2) is 12.2 Å². The SMILES string of the molecule is Cc1ncoc1-c1noc(C2(C#N)CCCCC2)n1. The summed E-state index contributed by atoms with van der Waals surface area (Å²) >= 11 is 0. The topological polar surface area (TPSA) is 88.7 Å². The molecule has 0 N–H and O–H groups in total. The number of nitriles is 1. The number of hydrogen-bond donors (Lipinski definition) is 0. The molecule has 1 aliphatic rings. The van der Waals surface area contributed by atoms with Crippen LogP contribution in [-0.4, -0.2) is 15.1 Å². The molecule has 0 atom stereocenters. The number of rotatable bonds is 2. The highest BCUT2D eigenvalue weighted by molar-refractivity contribution is 5.48. The van der Waals surface area contributed by atoms with Crippen LogP contribution in [0, 0.1) is 18.3 Å². The summed E-state index contributed by atoms with van der Waals surface area (Å²) in [5.74, 6) is 1.27. The van der Waals surface area contributed by atoms with Crippen molar-refractivity contribution in [1.82, 2.24) is 15.1 Å². The van der Waals surface area contributed by atoms with Gasteiger partial charge in [-0.15, -0.1) is 0 Å². The number of aryl methyl sites for hydroxylation is 1. The third kappa shape index (κ3) is 1.91. The second-order valence-corrected chi connectivity index (χ2v) is 4.94. The molecule has 0 unspecified atom stereocenters. The van der Waals surface area contributed by atoms with E-state index in [2.05, 4.69) is 21.2 Å². The fourth-order valence-electron chi connectivity index (χ4n) is 2.56. The molecule has 0 amide bonds. The summed E-state index contributed by atoms with van der Waals surface area (Å²) in [6.45, 7) is 1.82. The second kappa shape index (κ2) is 4.50. The quantitative estimate of drug-likeness (QED) is 0.822. The van der Waals surface area contributed by atoms with Crippen LogP contribution in [0.5, 0.6) is 0 Å². The van der Waals surface area contributed by atoms with E-state index in [1.165, 1.54) is 6.39 Å². The Labute approximate surface area is 110 Å². The fraction of sp³-hybridized carbons (Fsp3) is 0.538. The summed E-state index contributed by atoms with van der Waals surface area (Å²) in [7, 11) is 0. The number of nitrogens with zero attached hydrogens (tertiary/aromatic N) is 4. The highest BCUT2D eigenvalue weighted by Gasteiger charge is 2.40. The second-order valence-electron chi connectivity index (χ2n) is 4.94. The predicted molar refractivity (Wildman–Crippen MR) is 64.9 cm³/mol. The normalized spacial score (nSPS) is 18.1. The van der Waals surface area contributed by atoms with E-state index in [0.717, 1.165) is 32.1 Å². The molecule has 6 nitrogen and oxygen atoms in total. The van der Waals surface area contributed by atoms with Crippen LogP contribution in [0.4, 0.5) is 0 Å². The van der Waals surface area contributed by atoms with Crippen LogP contribution in [-0.2, 0) is 5.41 Å². The molecule has 0 radical (unpaired) electrons. The van der Waals surface area contributed by atoms with Crippen molar-refractivity contribution in [2.75, 3.05) is 0 Å². The lowest BCUT2D eigenvalue weighted by Gasteiger charge is -2.26. The van der Waals surface area contributed by atoms with Gasteiger partial charge in [0.2, 0.25) is 11.7 Å². The summed E-state index contributed by atoms with van der Waals surface area (Å²) in [5, 5.41) is 13.4. The van der Waals surface area contributed by atoms with Crippen molar-refractivity contribution in [3.63, 3.8) is 0 Å². The molecule has 1 saturated carbocycles. The first-order valence-corrected chi connectivity index (χ1v) is 6.41. The van der Waals surface area contributed by atoms with E-state index in [1.54, 1.807) is 0 Å². The van der Waals surface area contributed by atoms with Crippen LogP contribution in [0.25, 0.3) is 11.6 Å². The summed E-state index contributed by atoms with van der Waals surface area (Å²) < 4.78 is 10.5. The molecular weight excluding hydrogens is 244 g/mol. The van der Waals surface area contributed by atoms with Gasteiger partial charge in [-0.2, -0.15) is 10.2 Å². The third-order valence-corrected chi connectivity index (χ3v) is 3.71. The molecular formula is C13H14N4O2. The van der Waals surface area contributed by atoms with Gasteiger partial charge in [-0.1, -0.05) is 24.4 Å². The first-order chi connectivity index (χ1) is 9.25. The fourth-order valence-corrected chi connectivity index (χ4v) is 2.56. The van der Waals surface area contributed by atoms with Crippen LogP contribution in [0.15, 0.2) is 15.3 Å². The highest BCUT2D eigenvalue weighted by Crippen LogP contribution is 2.38. The molecule has 0 bridgehead atoms. The van der Waals surface area contributed by atoms with E-state index in [9.17, 15) is 5.26 Å². The van der Waals surface area contributed by atoms with Crippen LogP contribution >= 0.6 is 0 Å². The zero-order valence-electron chi connectivity index (χ0n) is 10.7. The summed E-state index contributed by atoms with van der Waals surface area (Å²) in [6, 6.07) is 2.36. The minimum atomic E-state index is -0.628. The first-order valence-electron chi connectivity index (χ1n) is 6.41. The van der Waals surface area contributed by atoms with Gasteiger partial charge in [-0.25, -0.2) is 4.98 Å². The van der Waals surface area contributed by atoms with Crippen molar-refractivity contribution in [2.45, 2.75) is 44.4 Å². The summed E-state index contributed by atoms with van der Waals surface area (Å²) in [6.07, 6.45) is 6.10. The molecule has 0 aromatic carbocycles. The first kappa shape index (κ1) is 11.9. The Balaban J connectivity index is 1.97. The van der Waals surface area contributed by atoms with Gasteiger partial charge in [-0.3, -0.25) is 0 Å². The molecule has 3 rings (SSSR count). The average molecular weight is 258 g/mol. The Morgan fingerprint density at radius 3 is 2.74 bits per heavy atom. The smallest absolute Gasteiger partial charge is 0.247 e. The van der Waals surface area contributed by atoms with Crippen LogP contribution in [0.3, 0.4) is 0 Å². The van der Waals surface area contributed by atoms with Crippen molar-refractivity contribution in [3.8, 4) is 17.7 Å². The molecule has 98 valence electrons. The molecule has 0 spiro atoms. The van der Waals surface area contributed by atoms with Crippen LogP contribution < -0.4 is 0 Å². The minimum absolute atomic E-state index is 0.366. The highest BCUT2D eigenvalue weighted by atomic mass is 16.5. The standard InChI is InChI=1S/C13H14N4O2/c1-9-10(18-8-15-9)11-16-12(19-17-11)13(7-14)5-3-2-4-6-13/h8H,2-6H2,1H3. The van der Waals surface area contributed by atoms with Gasteiger partial charge in [-0.05, 0) is 19.8 Å². The van der Waals surface area contributed by atoms with Crippen molar-refractivity contribution in [3.05, 3.63) is 18.0 Å². The maximum atomic E-state index is 9.48. The van der Waals surface area contributed by atoms with Gasteiger partial charge in [0.05, 0.1) is 11.8 Å². The molecule has 0 saturated heterocycles. The van der Waals surface area contributed by atoms with Crippen LogP contribution in [0.1, 0.15) is 43.7 Å². The lowest BCUT2D eigenvalue weighted by molar-refractivity contribution is 0.264. The number of oxazole rings is 1. The Morgan fingerprint density at radius 1 is 1.32 bits per heavy atom. The predicted octanol–water partition coefficient (Wildman–Crippen LogP) is 2.76. The molecule has 2 aromatic rings. The number of hydrogen-bond acceptors (Lipinski definition) is 6. The summed E-state index contributed by atoms with van der Waals surface area (Å²) in [5.41, 5.74) is 0.0826. The van der Waals surface area contributed by atoms with Gasteiger partial charge in [0.1, 0.15) is 5.41 Å². The monoisotopic (exact) mass is 258 g/mol. The van der Waals surface area contributed by atoms with Crippen LogP contribution in [0.2, 0.25) is 0 Å². The van der Waals surface area contributed by atoms with Crippen molar-refractivity contribution >= 4 is 0 Å². The molecule has 1 aliphatic carbocycles. The lowest BCUT2D eigenvalue weighted by Crippen LogP contribution is -2.27. The van der Waals surface area contributed by atoms with Gasteiger partial charge < -0.3 is 8.94 Å². The Morgan fingerprint density at radius 2 is 2.11 bits per heavy atom. The Hall–Kier alpha value is -2.16. The Kier molecular flexibility index (Phi) is 2.82. The molecule has 6 heteroatoms. The van der Waals surface area contributed by atoms with E-state index in [-0.39, 0.29) is 0 Å². The number of aromatic nitrogens is 3. The molecule has 0 aliphatic heterocycles. The van der Waals surface area contributed by atoms with Gasteiger partial charge in [0.25, 0.3) is 0 Å². The molecule has 2 heterocycles. The maximum Gasteiger partial charge on any atom is 0.247 e. The largest absolute Gasteiger partial charge is 0.440 e. The van der Waals surface area contributed by atoms with E-state index in [1.807, 2.05) is 6.92 Å². The Bertz CT molecular complexity index is 617. The van der Waals surface area contributed by atoms with E-state index < -0.39 is 5.41 Å². The lowest BCUT2D eigenvalue weighted by atomic mass is 9.75. The minimum Gasteiger partial charge on any atom is -0.440 e. The maximum absolute atomic E-state index is 9.48. The molecule has 1 fully saturated rings. The summed E-state index contributed by atoms with van der Waals surface area (Å²) in [4.78, 5) is 8.35. The molecule has 2 aromatic heterocycles. The van der Waals surface area contributed by atoms with Gasteiger partial charge in [0, 0.05) is 0 Å². The van der Waals surface area contributed by atoms with E-state index in [4.69, 9.17) is 8.94 Å². The third-order valence-electron chi connectivity index (χ3n) is 3.71. The van der Waals surface area contributed by atoms with Crippen molar-refractivity contribution < 1.29 is 8.94 Å². The zero-order chi connectivity index (χ0) is 13.3. The van der Waals surface area contributed by atoms with Crippen molar-refractivity contribution in [2.24, 2.45) is 0 Å². The average Bonchev–Trinajstić information content (AvgIpc) is 3.08. The molecule has 19 heavy (non-hydrogen) atoms. The van der Waals surface area contributed by atoms with Gasteiger partial charge >= 0.3 is 0 Å². The van der Waals surface area contributed by atoms with E-state index in [0.29, 0.717) is 23.2 Å². The van der Waals surface area contributed by atoms with Crippen molar-refractivity contribution in [1.29, 1.82) is 5.26 Å². The zero-order valence-corrected chi connectivity index (χ0v) is 10.7.